The molecule has 5 rings (SSSR count). The molecule has 5 aromatic rings. The van der Waals surface area contributed by atoms with Crippen molar-refractivity contribution in [1.29, 1.82) is 0 Å². The third-order valence-corrected chi connectivity index (χ3v) is 6.27. The molecule has 0 aliphatic carbocycles. The monoisotopic (exact) mass is 579 g/mol. The number of nitrogens with one attached hydrogen (secondary N) is 2. The van der Waals surface area contributed by atoms with Crippen LogP contribution in [-0.4, -0.2) is 43.9 Å². The highest BCUT2D eigenvalue weighted by atomic mass is 32.1. The lowest BCUT2D eigenvalue weighted by atomic mass is 10.2. The summed E-state index contributed by atoms with van der Waals surface area (Å²) in [6, 6.07) is 11.6. The lowest BCUT2D eigenvalue weighted by Crippen LogP contribution is -2.29. The zero-order chi connectivity index (χ0) is 29.1. The molecule has 41 heavy (non-hydrogen) atoms. The van der Waals surface area contributed by atoms with Crippen molar-refractivity contribution in [2.75, 3.05) is 19.5 Å². The van der Waals surface area contributed by atoms with E-state index in [4.69, 9.17) is 14.2 Å². The standard InChI is InChI=1S/C27H19F2N5O6S/c1-38-22-12-19-23(33-25(22)39-2)21(9-10-30-19)40-20-8-5-15(11-18(20)29)32-24(35)17-13-31-27(41-37)34(26(17)36)16-6-3-14(28)4-7-16/h3-13,31H,1-2H3,(H,32,35). The summed E-state index contributed by atoms with van der Waals surface area (Å²) >= 11 is -0.0115. The summed E-state index contributed by atoms with van der Waals surface area (Å²) in [4.78, 5) is 37.2. The predicted octanol–water partition coefficient (Wildman–Crippen LogP) is 4.19. The van der Waals surface area contributed by atoms with Gasteiger partial charge in [0.15, 0.2) is 23.1 Å². The first-order chi connectivity index (χ1) is 19.8. The highest BCUT2D eigenvalue weighted by Gasteiger charge is 2.18. The molecule has 1 amide bonds. The summed E-state index contributed by atoms with van der Waals surface area (Å²) in [5.41, 5.74) is -0.284. The van der Waals surface area contributed by atoms with Gasteiger partial charge in [-0.15, -0.1) is 0 Å². The van der Waals surface area contributed by atoms with Gasteiger partial charge in [0.05, 0.1) is 25.4 Å². The number of fused-ring (bicyclic) bond motifs is 1. The van der Waals surface area contributed by atoms with Crippen molar-refractivity contribution in [1.82, 2.24) is 19.5 Å². The fraction of sp³-hybridized carbons (Fsp3) is 0.0741. The molecule has 0 radical (unpaired) electrons. The molecule has 0 saturated carbocycles. The van der Waals surface area contributed by atoms with E-state index >= 15 is 4.39 Å². The first kappa shape index (κ1) is 27.2. The molecule has 0 fully saturated rings. The molecule has 0 aliphatic heterocycles. The van der Waals surface area contributed by atoms with Crippen LogP contribution >= 0.6 is 0 Å². The zero-order valence-corrected chi connectivity index (χ0v) is 22.1. The zero-order valence-electron chi connectivity index (χ0n) is 21.3. The minimum absolute atomic E-state index is 0.0115. The molecule has 3 heterocycles. The van der Waals surface area contributed by atoms with Crippen LogP contribution in [0.15, 0.2) is 71.8 Å². The average Bonchev–Trinajstić information content (AvgIpc) is 2.98. The maximum absolute atomic E-state index is 15.1. The number of halogens is 2. The van der Waals surface area contributed by atoms with Crippen molar-refractivity contribution in [2.24, 2.45) is 0 Å². The molecular weight excluding hydrogens is 560 g/mol. The number of amides is 1. The predicted molar refractivity (Wildman–Crippen MR) is 145 cm³/mol. The van der Waals surface area contributed by atoms with E-state index in [-0.39, 0.29) is 50.3 Å². The van der Waals surface area contributed by atoms with Crippen LogP contribution in [0.3, 0.4) is 0 Å². The number of carbonyl (C=O) groups is 1. The van der Waals surface area contributed by atoms with Gasteiger partial charge in [-0.05, 0) is 36.4 Å². The van der Waals surface area contributed by atoms with Gasteiger partial charge in [-0.25, -0.2) is 18.0 Å². The first-order valence-electron chi connectivity index (χ1n) is 11.7. The van der Waals surface area contributed by atoms with E-state index in [0.717, 1.165) is 29.0 Å². The van der Waals surface area contributed by atoms with Crippen LogP contribution in [0.4, 0.5) is 14.5 Å². The van der Waals surface area contributed by atoms with E-state index in [9.17, 15) is 18.2 Å². The second kappa shape index (κ2) is 11.4. The Morgan fingerprint density at radius 3 is 2.46 bits per heavy atom. The lowest BCUT2D eigenvalue weighted by Gasteiger charge is -2.12. The Kier molecular flexibility index (Phi) is 7.56. The maximum Gasteiger partial charge on any atom is 0.271 e. The Morgan fingerprint density at radius 1 is 1.00 bits per heavy atom. The van der Waals surface area contributed by atoms with Crippen LogP contribution in [-0.2, 0) is 11.3 Å². The SMILES string of the molecule is COc1cc2nccc(Oc3ccc(NC(=O)c4c[nH]c(=S=O)n(-c5ccc(F)cc5)c4=O)cc3F)c2nc1OC. The quantitative estimate of drug-likeness (QED) is 0.274. The van der Waals surface area contributed by atoms with Gasteiger partial charge in [-0.2, -0.15) is 0 Å². The van der Waals surface area contributed by atoms with Crippen LogP contribution in [0.25, 0.3) is 16.7 Å². The molecule has 0 unspecified atom stereocenters. The minimum Gasteiger partial charge on any atom is -0.491 e. The summed E-state index contributed by atoms with van der Waals surface area (Å²) in [5.74, 6) is -1.66. The van der Waals surface area contributed by atoms with E-state index in [2.05, 4.69) is 20.3 Å². The molecule has 0 atom stereocenters. The number of carbonyl (C=O) groups excluding carboxylic acids is 1. The minimum atomic E-state index is -0.872. The Balaban J connectivity index is 1.42. The average molecular weight is 580 g/mol. The molecule has 208 valence electrons. The highest BCUT2D eigenvalue weighted by molar-refractivity contribution is 7.56. The van der Waals surface area contributed by atoms with Crippen molar-refractivity contribution in [3.8, 4) is 28.8 Å². The largest absolute Gasteiger partial charge is 0.491 e. The van der Waals surface area contributed by atoms with Gasteiger partial charge in [-0.1, -0.05) is 0 Å². The molecule has 2 aromatic carbocycles. The van der Waals surface area contributed by atoms with E-state index in [1.807, 2.05) is 0 Å². The third kappa shape index (κ3) is 5.40. The number of rotatable bonds is 7. The molecule has 11 nitrogen and oxygen atoms in total. The topological polar surface area (TPSA) is 137 Å². The number of anilines is 1. The van der Waals surface area contributed by atoms with Crippen molar-refractivity contribution < 1.29 is 32.0 Å². The number of aromatic nitrogens is 4. The number of aromatic amines is 1. The van der Waals surface area contributed by atoms with Gasteiger partial charge in [0, 0.05) is 36.3 Å². The second-order valence-electron chi connectivity index (χ2n) is 8.29. The fourth-order valence-corrected chi connectivity index (χ4v) is 4.26. The van der Waals surface area contributed by atoms with Gasteiger partial charge < -0.3 is 24.5 Å². The molecule has 2 N–H and O–H groups in total. The number of pyridine rings is 2. The third-order valence-electron chi connectivity index (χ3n) is 5.82. The van der Waals surface area contributed by atoms with Gasteiger partial charge in [0.1, 0.15) is 28.2 Å². The summed E-state index contributed by atoms with van der Waals surface area (Å²) in [6.45, 7) is 0. The first-order valence-corrected chi connectivity index (χ1v) is 12.5. The van der Waals surface area contributed by atoms with Crippen LogP contribution in [0.2, 0.25) is 0 Å². The number of H-pyrrole nitrogens is 1. The number of hydrogen-bond donors (Lipinski definition) is 2. The molecule has 0 saturated heterocycles. The number of ether oxygens (including phenoxy) is 3. The summed E-state index contributed by atoms with van der Waals surface area (Å²) < 4.78 is 57.0. The van der Waals surface area contributed by atoms with Gasteiger partial charge in [0.25, 0.3) is 17.3 Å². The van der Waals surface area contributed by atoms with Gasteiger partial charge in [0.2, 0.25) is 4.77 Å². The van der Waals surface area contributed by atoms with E-state index < -0.39 is 23.1 Å². The normalized spacial score (nSPS) is 10.7. The molecule has 3 aromatic heterocycles. The summed E-state index contributed by atoms with van der Waals surface area (Å²) in [6.07, 6.45) is 2.53. The summed E-state index contributed by atoms with van der Waals surface area (Å²) in [7, 11) is 2.88. The summed E-state index contributed by atoms with van der Waals surface area (Å²) in [5, 5.41) is 2.45. The van der Waals surface area contributed by atoms with Gasteiger partial charge >= 0.3 is 0 Å². The number of benzene rings is 2. The molecular formula is C27H19F2N5O6S. The lowest BCUT2D eigenvalue weighted by molar-refractivity contribution is 0.102. The Labute approximate surface area is 233 Å². The molecule has 0 spiro atoms. The second-order valence-corrected chi connectivity index (χ2v) is 8.84. The van der Waals surface area contributed by atoms with Crippen molar-refractivity contribution >= 4 is 33.9 Å². The Morgan fingerprint density at radius 2 is 1.78 bits per heavy atom. The fourth-order valence-electron chi connectivity index (χ4n) is 3.89. The van der Waals surface area contributed by atoms with Crippen LogP contribution in [0.1, 0.15) is 10.4 Å². The van der Waals surface area contributed by atoms with Crippen molar-refractivity contribution in [3.63, 3.8) is 0 Å². The van der Waals surface area contributed by atoms with Crippen LogP contribution < -0.4 is 25.1 Å². The van der Waals surface area contributed by atoms with Crippen LogP contribution in [0.5, 0.6) is 23.1 Å². The van der Waals surface area contributed by atoms with Crippen molar-refractivity contribution in [3.05, 3.63) is 99.3 Å². The molecule has 14 heteroatoms. The Bertz CT molecular complexity index is 1960. The van der Waals surface area contributed by atoms with Crippen molar-refractivity contribution in [2.45, 2.75) is 0 Å². The number of nitrogens with zero attached hydrogens (tertiary/aromatic N) is 3. The maximum atomic E-state index is 15.1. The van der Waals surface area contributed by atoms with Gasteiger partial charge in [-0.3, -0.25) is 19.1 Å². The molecule has 0 aliphatic rings. The van der Waals surface area contributed by atoms with E-state index in [0.29, 0.717) is 16.8 Å². The highest BCUT2D eigenvalue weighted by Crippen LogP contribution is 2.35. The Hall–Kier alpha value is -5.37. The molecule has 0 bridgehead atoms. The van der Waals surface area contributed by atoms with Crippen LogP contribution in [0, 0.1) is 16.4 Å². The number of hydrogen-bond acceptors (Lipinski definition) is 8. The smallest absolute Gasteiger partial charge is 0.271 e. The number of methoxy groups -OCH3 is 2. The van der Waals surface area contributed by atoms with E-state index in [1.165, 1.54) is 50.7 Å². The van der Waals surface area contributed by atoms with E-state index in [1.54, 1.807) is 6.07 Å².